The molecule has 5 nitrogen and oxygen atoms in total. The zero-order valence-electron chi connectivity index (χ0n) is 13.0. The summed E-state index contributed by atoms with van der Waals surface area (Å²) in [7, 11) is 0. The van der Waals surface area contributed by atoms with Crippen molar-refractivity contribution < 1.29 is 22.4 Å². The molecule has 128 valence electrons. The van der Waals surface area contributed by atoms with Gasteiger partial charge < -0.3 is 9.73 Å². The van der Waals surface area contributed by atoms with Crippen molar-refractivity contribution in [1.82, 2.24) is 9.97 Å². The Kier molecular flexibility index (Phi) is 4.51. The lowest BCUT2D eigenvalue weighted by Crippen LogP contribution is -2.16. The predicted octanol–water partition coefficient (Wildman–Crippen LogP) is 3.64. The third-order valence-electron chi connectivity index (χ3n) is 3.44. The molecule has 0 saturated carbocycles. The molecule has 0 spiro atoms. The van der Waals surface area contributed by atoms with E-state index in [1.807, 2.05) is 0 Å². The summed E-state index contributed by atoms with van der Waals surface area (Å²) < 4.78 is 45.2. The Bertz CT molecular complexity index is 926. The van der Waals surface area contributed by atoms with Gasteiger partial charge in [0.05, 0.1) is 23.4 Å². The SMILES string of the molecule is Cc1oc(-c2cccnc2)nc1CC(=O)Nc1ccc(F)c(F)c1F. The highest BCUT2D eigenvalue weighted by atomic mass is 19.2. The van der Waals surface area contributed by atoms with Crippen molar-refractivity contribution in [2.75, 3.05) is 5.32 Å². The second-order valence-electron chi connectivity index (χ2n) is 5.21. The zero-order valence-corrected chi connectivity index (χ0v) is 13.0. The van der Waals surface area contributed by atoms with E-state index in [2.05, 4.69) is 15.3 Å². The number of anilines is 1. The molecule has 0 fully saturated rings. The van der Waals surface area contributed by atoms with Crippen LogP contribution in [0.2, 0.25) is 0 Å². The molecule has 0 bridgehead atoms. The molecule has 0 aliphatic rings. The molecular formula is C17H12F3N3O2. The molecule has 2 heterocycles. The van der Waals surface area contributed by atoms with E-state index in [0.717, 1.165) is 12.1 Å². The van der Waals surface area contributed by atoms with Crippen LogP contribution in [0.1, 0.15) is 11.5 Å². The first-order valence-corrected chi connectivity index (χ1v) is 7.25. The van der Waals surface area contributed by atoms with E-state index in [4.69, 9.17) is 4.42 Å². The number of benzene rings is 1. The number of pyridine rings is 1. The van der Waals surface area contributed by atoms with E-state index in [-0.39, 0.29) is 6.42 Å². The predicted molar refractivity (Wildman–Crippen MR) is 83.1 cm³/mol. The second-order valence-corrected chi connectivity index (χ2v) is 5.21. The normalized spacial score (nSPS) is 10.7. The van der Waals surface area contributed by atoms with E-state index in [9.17, 15) is 18.0 Å². The Morgan fingerprint density at radius 1 is 1.20 bits per heavy atom. The molecule has 1 aromatic carbocycles. The lowest BCUT2D eigenvalue weighted by Gasteiger charge is -2.06. The number of hydrogen-bond acceptors (Lipinski definition) is 4. The standard InChI is InChI=1S/C17H12F3N3O2/c1-9-13(23-17(25-9)10-3-2-6-21-8-10)7-14(24)22-12-5-4-11(18)15(19)16(12)20/h2-6,8H,7H2,1H3,(H,22,24). The van der Waals surface area contributed by atoms with Crippen LogP contribution in [0.15, 0.2) is 41.1 Å². The maximum atomic E-state index is 13.6. The van der Waals surface area contributed by atoms with Crippen molar-refractivity contribution in [3.8, 4) is 11.5 Å². The number of aryl methyl sites for hydroxylation is 1. The van der Waals surface area contributed by atoms with Gasteiger partial charge in [0.2, 0.25) is 11.8 Å². The minimum Gasteiger partial charge on any atom is -0.441 e. The maximum Gasteiger partial charge on any atom is 0.230 e. The Morgan fingerprint density at radius 2 is 2.00 bits per heavy atom. The van der Waals surface area contributed by atoms with Gasteiger partial charge in [-0.25, -0.2) is 18.2 Å². The van der Waals surface area contributed by atoms with Crippen LogP contribution in [-0.2, 0) is 11.2 Å². The molecule has 0 atom stereocenters. The first-order valence-electron chi connectivity index (χ1n) is 7.25. The number of oxazole rings is 1. The fraction of sp³-hybridized carbons (Fsp3) is 0.118. The molecule has 0 aliphatic heterocycles. The monoisotopic (exact) mass is 347 g/mol. The van der Waals surface area contributed by atoms with E-state index in [1.165, 1.54) is 0 Å². The fourth-order valence-corrected chi connectivity index (χ4v) is 2.17. The molecule has 0 radical (unpaired) electrons. The van der Waals surface area contributed by atoms with Crippen LogP contribution in [0.3, 0.4) is 0 Å². The molecule has 1 amide bonds. The lowest BCUT2D eigenvalue weighted by atomic mass is 10.2. The first-order chi connectivity index (χ1) is 12.0. The minimum absolute atomic E-state index is 0.214. The van der Waals surface area contributed by atoms with Gasteiger partial charge in [0.1, 0.15) is 5.76 Å². The molecular weight excluding hydrogens is 335 g/mol. The van der Waals surface area contributed by atoms with Crippen LogP contribution >= 0.6 is 0 Å². The molecule has 0 aliphatic carbocycles. The Labute approximate surface area is 140 Å². The summed E-state index contributed by atoms with van der Waals surface area (Å²) in [6.07, 6.45) is 2.95. The van der Waals surface area contributed by atoms with E-state index in [0.29, 0.717) is 22.9 Å². The summed E-state index contributed by atoms with van der Waals surface area (Å²) in [5.74, 6) is -4.36. The summed E-state index contributed by atoms with van der Waals surface area (Å²) in [6, 6.07) is 5.14. The van der Waals surface area contributed by atoms with Gasteiger partial charge in [-0.05, 0) is 31.2 Å². The number of aromatic nitrogens is 2. The van der Waals surface area contributed by atoms with Gasteiger partial charge >= 0.3 is 0 Å². The van der Waals surface area contributed by atoms with Crippen molar-refractivity contribution in [2.45, 2.75) is 13.3 Å². The van der Waals surface area contributed by atoms with Gasteiger partial charge in [0.15, 0.2) is 17.5 Å². The topological polar surface area (TPSA) is 68.0 Å². The number of nitrogens with one attached hydrogen (secondary N) is 1. The Morgan fingerprint density at radius 3 is 2.72 bits per heavy atom. The largest absolute Gasteiger partial charge is 0.441 e. The zero-order chi connectivity index (χ0) is 18.0. The third kappa shape index (κ3) is 3.52. The number of amides is 1. The van der Waals surface area contributed by atoms with Gasteiger partial charge in [0.25, 0.3) is 0 Å². The van der Waals surface area contributed by atoms with Gasteiger partial charge in [-0.15, -0.1) is 0 Å². The molecule has 1 N–H and O–H groups in total. The summed E-state index contributed by atoms with van der Waals surface area (Å²) in [5, 5.41) is 2.19. The Balaban J connectivity index is 1.76. The van der Waals surface area contributed by atoms with Crippen LogP contribution in [0.25, 0.3) is 11.5 Å². The third-order valence-corrected chi connectivity index (χ3v) is 3.44. The molecule has 25 heavy (non-hydrogen) atoms. The number of nitrogens with zero attached hydrogens (tertiary/aromatic N) is 2. The average Bonchev–Trinajstić information content (AvgIpc) is 2.97. The van der Waals surface area contributed by atoms with Gasteiger partial charge in [-0.1, -0.05) is 0 Å². The van der Waals surface area contributed by atoms with Gasteiger partial charge in [-0.3, -0.25) is 9.78 Å². The molecule has 3 aromatic rings. The number of halogens is 3. The first kappa shape index (κ1) is 16.7. The van der Waals surface area contributed by atoms with Crippen molar-refractivity contribution in [1.29, 1.82) is 0 Å². The highest BCUT2D eigenvalue weighted by Crippen LogP contribution is 2.22. The minimum atomic E-state index is -1.64. The quantitative estimate of drug-likeness (QED) is 0.732. The second kappa shape index (κ2) is 6.76. The number of carbonyl (C=O) groups is 1. The molecule has 2 aromatic heterocycles. The van der Waals surface area contributed by atoms with Crippen LogP contribution in [0.4, 0.5) is 18.9 Å². The van der Waals surface area contributed by atoms with Crippen molar-refractivity contribution in [2.24, 2.45) is 0 Å². The molecule has 0 unspecified atom stereocenters. The van der Waals surface area contributed by atoms with Crippen LogP contribution in [-0.4, -0.2) is 15.9 Å². The molecule has 3 rings (SSSR count). The van der Waals surface area contributed by atoms with Crippen LogP contribution < -0.4 is 5.32 Å². The number of carbonyl (C=O) groups excluding carboxylic acids is 1. The maximum absolute atomic E-state index is 13.6. The van der Waals surface area contributed by atoms with E-state index < -0.39 is 29.0 Å². The van der Waals surface area contributed by atoms with Crippen LogP contribution in [0.5, 0.6) is 0 Å². The van der Waals surface area contributed by atoms with Crippen LogP contribution in [0, 0.1) is 24.4 Å². The van der Waals surface area contributed by atoms with Gasteiger partial charge in [-0.2, -0.15) is 0 Å². The molecule has 0 saturated heterocycles. The highest BCUT2D eigenvalue weighted by molar-refractivity contribution is 5.92. The summed E-state index contributed by atoms with van der Waals surface area (Å²) in [5.41, 5.74) is 0.542. The smallest absolute Gasteiger partial charge is 0.230 e. The molecule has 8 heteroatoms. The Hall–Kier alpha value is -3.16. The summed E-state index contributed by atoms with van der Waals surface area (Å²) in [4.78, 5) is 20.2. The van der Waals surface area contributed by atoms with Crippen molar-refractivity contribution >= 4 is 11.6 Å². The van der Waals surface area contributed by atoms with Gasteiger partial charge in [0, 0.05) is 12.4 Å². The van der Waals surface area contributed by atoms with E-state index in [1.54, 1.807) is 31.5 Å². The fourth-order valence-electron chi connectivity index (χ4n) is 2.17. The number of rotatable bonds is 4. The van der Waals surface area contributed by atoms with Crippen molar-refractivity contribution in [3.05, 3.63) is 65.6 Å². The summed E-state index contributed by atoms with van der Waals surface area (Å²) >= 11 is 0. The average molecular weight is 347 g/mol. The van der Waals surface area contributed by atoms with Crippen molar-refractivity contribution in [3.63, 3.8) is 0 Å². The number of hydrogen-bond donors (Lipinski definition) is 1. The highest BCUT2D eigenvalue weighted by Gasteiger charge is 2.18. The lowest BCUT2D eigenvalue weighted by molar-refractivity contribution is -0.115. The van der Waals surface area contributed by atoms with E-state index >= 15 is 0 Å². The summed E-state index contributed by atoms with van der Waals surface area (Å²) in [6.45, 7) is 1.63.